The molecule has 0 radical (unpaired) electrons. The first-order chi connectivity index (χ1) is 11.6. The van der Waals surface area contributed by atoms with Crippen LogP contribution in [0.5, 0.6) is 11.5 Å². The fourth-order valence-electron chi connectivity index (χ4n) is 1.76. The summed E-state index contributed by atoms with van der Waals surface area (Å²) in [7, 11) is 4.32. The van der Waals surface area contributed by atoms with Crippen LogP contribution in [0.2, 0.25) is 0 Å². The van der Waals surface area contributed by atoms with E-state index in [-0.39, 0.29) is 17.5 Å². The maximum Gasteiger partial charge on any atom is 0.377 e. The van der Waals surface area contributed by atoms with Crippen molar-refractivity contribution < 1.29 is 23.8 Å². The molecule has 0 saturated heterocycles. The Morgan fingerprint density at radius 1 is 1.17 bits per heavy atom. The standard InChI is InChI=1S/C14H16N4O5S/c1-21-9-5-4-8(6-10(9)22-2)7-15-13(20)17-14-16-11(18-24-14)12(19)23-3/h4-6H,7H2,1-3H3,(H2,15,16,17,18,20). The van der Waals surface area contributed by atoms with Crippen LogP contribution in [-0.4, -0.2) is 42.7 Å². The lowest BCUT2D eigenvalue weighted by Crippen LogP contribution is -2.28. The maximum atomic E-state index is 11.9. The average Bonchev–Trinajstić information content (AvgIpc) is 3.07. The van der Waals surface area contributed by atoms with Gasteiger partial charge >= 0.3 is 12.0 Å². The molecular weight excluding hydrogens is 336 g/mol. The van der Waals surface area contributed by atoms with E-state index in [2.05, 4.69) is 24.7 Å². The summed E-state index contributed by atoms with van der Waals surface area (Å²) in [4.78, 5) is 27.0. The van der Waals surface area contributed by atoms with Crippen molar-refractivity contribution in [1.29, 1.82) is 0 Å². The molecule has 2 rings (SSSR count). The van der Waals surface area contributed by atoms with Crippen molar-refractivity contribution in [3.8, 4) is 11.5 Å². The van der Waals surface area contributed by atoms with E-state index < -0.39 is 12.0 Å². The highest BCUT2D eigenvalue weighted by molar-refractivity contribution is 7.10. The summed E-state index contributed by atoms with van der Waals surface area (Å²) < 4.78 is 18.6. The topological polar surface area (TPSA) is 112 Å². The van der Waals surface area contributed by atoms with Gasteiger partial charge in [-0.15, -0.1) is 0 Å². The molecule has 10 heteroatoms. The lowest BCUT2D eigenvalue weighted by molar-refractivity contribution is 0.0588. The van der Waals surface area contributed by atoms with Gasteiger partial charge in [-0.25, -0.2) is 9.59 Å². The molecule has 0 aliphatic carbocycles. The zero-order valence-corrected chi connectivity index (χ0v) is 14.1. The smallest absolute Gasteiger partial charge is 0.377 e. The zero-order chi connectivity index (χ0) is 17.5. The number of urea groups is 1. The minimum atomic E-state index is -0.662. The Morgan fingerprint density at radius 3 is 2.58 bits per heavy atom. The Hall–Kier alpha value is -2.88. The van der Waals surface area contributed by atoms with Gasteiger partial charge in [0, 0.05) is 18.1 Å². The molecule has 2 aromatic rings. The molecule has 0 bridgehead atoms. The predicted molar refractivity (Wildman–Crippen MR) is 86.7 cm³/mol. The van der Waals surface area contributed by atoms with Gasteiger partial charge in [0.2, 0.25) is 5.13 Å². The van der Waals surface area contributed by atoms with Crippen LogP contribution in [0, 0.1) is 0 Å². The number of nitrogens with one attached hydrogen (secondary N) is 2. The molecule has 2 amide bonds. The average molecular weight is 352 g/mol. The number of hydrogen-bond donors (Lipinski definition) is 2. The molecule has 0 unspecified atom stereocenters. The number of benzene rings is 1. The lowest BCUT2D eigenvalue weighted by atomic mass is 10.2. The number of hydrogen-bond acceptors (Lipinski definition) is 8. The maximum absolute atomic E-state index is 11.9. The molecule has 1 aromatic heterocycles. The quantitative estimate of drug-likeness (QED) is 0.760. The van der Waals surface area contributed by atoms with Crippen LogP contribution >= 0.6 is 11.5 Å². The van der Waals surface area contributed by atoms with Crippen LogP contribution in [0.3, 0.4) is 0 Å². The largest absolute Gasteiger partial charge is 0.493 e. The number of carbonyl (C=O) groups excluding carboxylic acids is 2. The fourth-order valence-corrected chi connectivity index (χ4v) is 2.32. The highest BCUT2D eigenvalue weighted by Gasteiger charge is 2.14. The molecule has 0 saturated carbocycles. The Labute approximate surface area is 142 Å². The van der Waals surface area contributed by atoms with Crippen LogP contribution in [0.1, 0.15) is 16.2 Å². The van der Waals surface area contributed by atoms with Crippen LogP contribution in [0.25, 0.3) is 0 Å². The molecule has 9 nitrogen and oxygen atoms in total. The van der Waals surface area contributed by atoms with Gasteiger partial charge in [-0.05, 0) is 17.7 Å². The number of aromatic nitrogens is 2. The number of methoxy groups -OCH3 is 3. The second-order valence-corrected chi connectivity index (χ2v) is 5.16. The van der Waals surface area contributed by atoms with Crippen LogP contribution in [0.4, 0.5) is 9.93 Å². The second-order valence-electron chi connectivity index (χ2n) is 4.41. The second kappa shape index (κ2) is 8.11. The Kier molecular flexibility index (Phi) is 5.90. The van der Waals surface area contributed by atoms with Crippen molar-refractivity contribution >= 4 is 28.7 Å². The van der Waals surface area contributed by atoms with Gasteiger partial charge in [-0.3, -0.25) is 5.32 Å². The number of carbonyl (C=O) groups is 2. The van der Waals surface area contributed by atoms with E-state index in [4.69, 9.17) is 9.47 Å². The highest BCUT2D eigenvalue weighted by Crippen LogP contribution is 2.27. The summed E-state index contributed by atoms with van der Waals surface area (Å²) in [5.41, 5.74) is 0.829. The van der Waals surface area contributed by atoms with E-state index in [1.54, 1.807) is 19.2 Å². The van der Waals surface area contributed by atoms with Crippen molar-refractivity contribution in [2.24, 2.45) is 0 Å². The lowest BCUT2D eigenvalue weighted by Gasteiger charge is -2.10. The monoisotopic (exact) mass is 352 g/mol. The van der Waals surface area contributed by atoms with Crippen molar-refractivity contribution in [3.63, 3.8) is 0 Å². The molecule has 0 fully saturated rings. The summed E-state index contributed by atoms with van der Waals surface area (Å²) in [5.74, 6) is 0.418. The van der Waals surface area contributed by atoms with Gasteiger partial charge in [0.1, 0.15) is 0 Å². The van der Waals surface area contributed by atoms with Gasteiger partial charge in [0.25, 0.3) is 5.82 Å². The number of ether oxygens (including phenoxy) is 3. The van der Waals surface area contributed by atoms with Crippen molar-refractivity contribution in [3.05, 3.63) is 29.6 Å². The Balaban J connectivity index is 1.91. The Bertz CT molecular complexity index is 734. The minimum absolute atomic E-state index is 0.0994. The normalized spacial score (nSPS) is 9.96. The summed E-state index contributed by atoms with van der Waals surface area (Å²) in [5, 5.41) is 5.35. The van der Waals surface area contributed by atoms with Gasteiger partial charge in [0.15, 0.2) is 11.5 Å². The predicted octanol–water partition coefficient (Wildman–Crippen LogP) is 1.66. The van der Waals surface area contributed by atoms with Gasteiger partial charge in [-0.2, -0.15) is 9.36 Å². The first-order valence-electron chi connectivity index (χ1n) is 6.75. The minimum Gasteiger partial charge on any atom is -0.493 e. The molecule has 1 aromatic carbocycles. The highest BCUT2D eigenvalue weighted by atomic mass is 32.1. The third kappa shape index (κ3) is 4.32. The van der Waals surface area contributed by atoms with Crippen LogP contribution in [-0.2, 0) is 11.3 Å². The van der Waals surface area contributed by atoms with Crippen LogP contribution in [0.15, 0.2) is 18.2 Å². The number of anilines is 1. The van der Waals surface area contributed by atoms with Gasteiger partial charge in [-0.1, -0.05) is 6.07 Å². The molecule has 128 valence electrons. The molecule has 2 N–H and O–H groups in total. The first-order valence-corrected chi connectivity index (χ1v) is 7.52. The SMILES string of the molecule is COC(=O)c1nsc(NC(=O)NCc2ccc(OC)c(OC)c2)n1. The van der Waals surface area contributed by atoms with E-state index in [0.717, 1.165) is 17.1 Å². The third-order valence-corrected chi connectivity index (χ3v) is 3.55. The number of amides is 2. The molecule has 0 atom stereocenters. The number of nitrogens with zero attached hydrogens (tertiary/aromatic N) is 2. The summed E-state index contributed by atoms with van der Waals surface area (Å²) >= 11 is 0.884. The van der Waals surface area contributed by atoms with Crippen molar-refractivity contribution in [1.82, 2.24) is 14.7 Å². The third-order valence-electron chi connectivity index (χ3n) is 2.92. The molecule has 0 spiro atoms. The van der Waals surface area contributed by atoms with E-state index in [1.165, 1.54) is 14.2 Å². The van der Waals surface area contributed by atoms with E-state index in [9.17, 15) is 9.59 Å². The first kappa shape index (κ1) is 17.5. The molecule has 1 heterocycles. The van der Waals surface area contributed by atoms with Crippen molar-refractivity contribution in [2.45, 2.75) is 6.54 Å². The van der Waals surface area contributed by atoms with E-state index >= 15 is 0 Å². The van der Waals surface area contributed by atoms with Crippen LogP contribution < -0.4 is 20.1 Å². The number of esters is 1. The Morgan fingerprint density at radius 2 is 1.92 bits per heavy atom. The van der Waals surface area contributed by atoms with E-state index in [0.29, 0.717) is 11.5 Å². The molecule has 0 aliphatic heterocycles. The summed E-state index contributed by atoms with van der Waals surface area (Å²) in [6, 6.07) is 4.85. The molecule has 24 heavy (non-hydrogen) atoms. The van der Waals surface area contributed by atoms with E-state index in [1.807, 2.05) is 6.07 Å². The zero-order valence-electron chi connectivity index (χ0n) is 13.3. The van der Waals surface area contributed by atoms with Gasteiger partial charge < -0.3 is 19.5 Å². The fraction of sp³-hybridized carbons (Fsp3) is 0.286. The van der Waals surface area contributed by atoms with Gasteiger partial charge in [0.05, 0.1) is 21.3 Å². The number of rotatable bonds is 6. The molecular formula is C14H16N4O5S. The summed E-state index contributed by atoms with van der Waals surface area (Å²) in [6.07, 6.45) is 0. The molecule has 0 aliphatic rings. The van der Waals surface area contributed by atoms with Crippen molar-refractivity contribution in [2.75, 3.05) is 26.6 Å². The summed E-state index contributed by atoms with van der Waals surface area (Å²) in [6.45, 7) is 0.273.